The van der Waals surface area contributed by atoms with Gasteiger partial charge in [-0.3, -0.25) is 9.69 Å². The molecule has 1 heterocycles. The Morgan fingerprint density at radius 3 is 2.03 bits per heavy atom. The number of alkyl halides is 11. The smallest absolute Gasteiger partial charge is 0.359 e. The lowest BCUT2D eigenvalue weighted by Crippen LogP contribution is -2.68. The van der Waals surface area contributed by atoms with E-state index in [2.05, 4.69) is 4.99 Å². The Morgan fingerprint density at radius 2 is 1.61 bits per heavy atom. The van der Waals surface area contributed by atoms with Crippen molar-refractivity contribution in [1.29, 1.82) is 0 Å². The molecule has 0 fully saturated rings. The minimum atomic E-state index is -5.79. The maximum Gasteiger partial charge on any atom is 0.442 e. The predicted molar refractivity (Wildman–Crippen MR) is 100.0 cm³/mol. The van der Waals surface area contributed by atoms with Gasteiger partial charge < -0.3 is 10.4 Å². The molecule has 2 N–H and O–H groups in total. The van der Waals surface area contributed by atoms with Gasteiger partial charge in [-0.2, -0.15) is 39.5 Å². The van der Waals surface area contributed by atoms with Crippen molar-refractivity contribution in [2.45, 2.75) is 41.9 Å². The Hall–Kier alpha value is -1.64. The van der Waals surface area contributed by atoms with E-state index in [4.69, 9.17) is 34.8 Å². The number of hydrogen-bond acceptors (Lipinski definition) is 4. The first-order chi connectivity index (χ1) is 14.7. The van der Waals surface area contributed by atoms with Crippen molar-refractivity contribution < 1.29 is 49.4 Å². The maximum absolute atomic E-state index is 13.5. The number of aliphatic hydroxyl groups is 1. The zero-order valence-corrected chi connectivity index (χ0v) is 18.1. The second-order valence-corrected chi connectivity index (χ2v) is 8.35. The average Bonchev–Trinajstić information content (AvgIpc) is 2.62. The zero-order valence-electron chi connectivity index (χ0n) is 15.9. The molecule has 5 nitrogen and oxygen atoms in total. The van der Waals surface area contributed by atoms with Gasteiger partial charge in [0.1, 0.15) is 0 Å². The van der Waals surface area contributed by atoms with Crippen molar-refractivity contribution >= 4 is 52.4 Å². The Balaban J connectivity index is 2.79. The van der Waals surface area contributed by atoms with Gasteiger partial charge in [-0.15, -0.1) is 0 Å². The standard InChI is InChI=1S/C16H11Cl3F9N3O2/c1-2-3-31-10(32)12(18,19)15(33,16(26,27)28)30-11(31)29-8-5-6(13(20,21)22)4-7(9(8)17)14(23,24)25/h4-5,33H,2-3H2,1H3,(H,29,30). The summed E-state index contributed by atoms with van der Waals surface area (Å²) in [5, 5.41) is 10.4. The number of anilines is 1. The van der Waals surface area contributed by atoms with Crippen LogP contribution in [0.4, 0.5) is 45.2 Å². The molecule has 2 rings (SSSR count). The van der Waals surface area contributed by atoms with Crippen LogP contribution in [-0.2, 0) is 17.1 Å². The van der Waals surface area contributed by atoms with Gasteiger partial charge in [0.15, 0.2) is 0 Å². The first kappa shape index (κ1) is 27.6. The summed E-state index contributed by atoms with van der Waals surface area (Å²) >= 11 is 16.5. The molecule has 186 valence electrons. The van der Waals surface area contributed by atoms with Crippen LogP contribution >= 0.6 is 34.8 Å². The van der Waals surface area contributed by atoms with Crippen LogP contribution in [0.5, 0.6) is 0 Å². The third kappa shape index (κ3) is 4.93. The SMILES string of the molecule is CCCN1C(=O)C(Cl)(Cl)C(O)(C(F)(F)F)N=C1Nc1cc(C(F)(F)F)cc(C(F)(F)F)c1Cl. The summed E-state index contributed by atoms with van der Waals surface area (Å²) < 4.78 is 116. The number of nitrogens with one attached hydrogen (secondary N) is 1. The Bertz CT molecular complexity index is 977. The fraction of sp³-hybridized carbons (Fsp3) is 0.500. The molecule has 0 radical (unpaired) electrons. The molecule has 0 aromatic heterocycles. The largest absolute Gasteiger partial charge is 0.442 e. The van der Waals surface area contributed by atoms with E-state index < -0.39 is 68.8 Å². The minimum absolute atomic E-state index is 0.00483. The summed E-state index contributed by atoms with van der Waals surface area (Å²) in [4.78, 5) is 15.7. The lowest BCUT2D eigenvalue weighted by molar-refractivity contribution is -0.262. The number of amides is 1. The Labute approximate surface area is 194 Å². The van der Waals surface area contributed by atoms with Gasteiger partial charge in [-0.25, -0.2) is 4.99 Å². The van der Waals surface area contributed by atoms with Crippen molar-refractivity contribution in [3.63, 3.8) is 0 Å². The molecule has 1 aliphatic rings. The van der Waals surface area contributed by atoms with Gasteiger partial charge in [0.25, 0.3) is 16.0 Å². The maximum atomic E-state index is 13.5. The van der Waals surface area contributed by atoms with E-state index in [1.54, 1.807) is 5.32 Å². The summed E-state index contributed by atoms with van der Waals surface area (Å²) in [6.45, 7) is 0.932. The number of nitrogens with zero attached hydrogens (tertiary/aromatic N) is 2. The third-order valence-electron chi connectivity index (χ3n) is 4.27. The molecule has 0 saturated heterocycles. The molecule has 0 bridgehead atoms. The Kier molecular flexibility index (Phi) is 7.14. The summed E-state index contributed by atoms with van der Waals surface area (Å²) in [5.74, 6) is -3.07. The number of aliphatic imine (C=N–C) groups is 1. The normalized spacial score (nSPS) is 21.8. The van der Waals surface area contributed by atoms with Crippen LogP contribution in [0.1, 0.15) is 24.5 Å². The second-order valence-electron chi connectivity index (χ2n) is 6.64. The molecule has 1 aliphatic heterocycles. The highest BCUT2D eigenvalue weighted by Gasteiger charge is 2.73. The lowest BCUT2D eigenvalue weighted by Gasteiger charge is -2.43. The molecule has 1 amide bonds. The van der Waals surface area contributed by atoms with Crippen LogP contribution in [-0.4, -0.2) is 44.7 Å². The van der Waals surface area contributed by atoms with E-state index >= 15 is 0 Å². The summed E-state index contributed by atoms with van der Waals surface area (Å²) in [7, 11) is 0. The van der Waals surface area contributed by atoms with Crippen LogP contribution in [0.3, 0.4) is 0 Å². The number of halogens is 12. The summed E-state index contributed by atoms with van der Waals surface area (Å²) in [6.07, 6.45) is -16.5. The van der Waals surface area contributed by atoms with Crippen LogP contribution in [0.25, 0.3) is 0 Å². The van der Waals surface area contributed by atoms with Gasteiger partial charge in [-0.1, -0.05) is 41.7 Å². The van der Waals surface area contributed by atoms with Crippen LogP contribution < -0.4 is 5.32 Å². The number of benzene rings is 1. The van der Waals surface area contributed by atoms with Crippen molar-refractivity contribution in [2.75, 3.05) is 11.9 Å². The van der Waals surface area contributed by atoms with Gasteiger partial charge in [0.05, 0.1) is 21.8 Å². The summed E-state index contributed by atoms with van der Waals surface area (Å²) in [6, 6.07) is -0.246. The fourth-order valence-electron chi connectivity index (χ4n) is 2.67. The molecular weight excluding hydrogens is 544 g/mol. The number of guanidine groups is 1. The third-order valence-corrected chi connectivity index (χ3v) is 5.53. The molecule has 17 heteroatoms. The molecule has 1 aromatic rings. The molecule has 0 saturated carbocycles. The van der Waals surface area contributed by atoms with Crippen molar-refractivity contribution in [1.82, 2.24) is 4.90 Å². The van der Waals surface area contributed by atoms with Gasteiger partial charge in [0, 0.05) is 6.54 Å². The van der Waals surface area contributed by atoms with E-state index in [0.717, 1.165) is 0 Å². The lowest BCUT2D eigenvalue weighted by atomic mass is 10.1. The van der Waals surface area contributed by atoms with E-state index in [-0.39, 0.29) is 18.6 Å². The second kappa shape index (κ2) is 8.54. The van der Waals surface area contributed by atoms with Crippen LogP contribution in [0.2, 0.25) is 5.02 Å². The molecule has 1 atom stereocenters. The van der Waals surface area contributed by atoms with E-state index in [9.17, 15) is 49.4 Å². The molecule has 33 heavy (non-hydrogen) atoms. The highest BCUT2D eigenvalue weighted by atomic mass is 35.5. The molecule has 1 unspecified atom stereocenters. The van der Waals surface area contributed by atoms with Crippen LogP contribution in [0.15, 0.2) is 17.1 Å². The van der Waals surface area contributed by atoms with Gasteiger partial charge >= 0.3 is 18.5 Å². The Morgan fingerprint density at radius 1 is 1.06 bits per heavy atom. The zero-order chi connectivity index (χ0) is 25.8. The quantitative estimate of drug-likeness (QED) is 0.366. The van der Waals surface area contributed by atoms with Crippen molar-refractivity contribution in [3.8, 4) is 0 Å². The minimum Gasteiger partial charge on any atom is -0.359 e. The van der Waals surface area contributed by atoms with Crippen molar-refractivity contribution in [3.05, 3.63) is 28.3 Å². The first-order valence-corrected chi connectivity index (χ1v) is 9.65. The van der Waals surface area contributed by atoms with E-state index in [0.29, 0.717) is 4.90 Å². The van der Waals surface area contributed by atoms with Crippen molar-refractivity contribution in [2.24, 2.45) is 4.99 Å². The van der Waals surface area contributed by atoms with E-state index in [1.165, 1.54) is 6.92 Å². The predicted octanol–water partition coefficient (Wildman–Crippen LogP) is 5.82. The van der Waals surface area contributed by atoms with E-state index in [1.807, 2.05) is 0 Å². The molecule has 0 spiro atoms. The monoisotopic (exact) mass is 553 g/mol. The number of hydrogen-bond donors (Lipinski definition) is 2. The molecule has 0 aliphatic carbocycles. The molecule has 1 aromatic carbocycles. The number of carbonyl (C=O) groups is 1. The summed E-state index contributed by atoms with van der Waals surface area (Å²) in [5.41, 5.74) is -9.54. The number of carbonyl (C=O) groups excluding carboxylic acids is 1. The average molecular weight is 555 g/mol. The van der Waals surface area contributed by atoms with Crippen LogP contribution in [0, 0.1) is 0 Å². The molecular formula is C16H11Cl3F9N3O2. The number of rotatable bonds is 3. The highest BCUT2D eigenvalue weighted by molar-refractivity contribution is 6.60. The highest BCUT2D eigenvalue weighted by Crippen LogP contribution is 2.50. The van der Waals surface area contributed by atoms with Gasteiger partial charge in [0.2, 0.25) is 5.96 Å². The van der Waals surface area contributed by atoms with Gasteiger partial charge in [-0.05, 0) is 18.6 Å². The first-order valence-electron chi connectivity index (χ1n) is 8.52. The fourth-order valence-corrected chi connectivity index (χ4v) is 3.44. The topological polar surface area (TPSA) is 64.9 Å².